The Hall–Kier alpha value is -1.31. The van der Waals surface area contributed by atoms with Crippen LogP contribution >= 0.6 is 0 Å². The maximum atomic E-state index is 10.8. The molecule has 14 heavy (non-hydrogen) atoms. The van der Waals surface area contributed by atoms with E-state index in [1.807, 2.05) is 24.3 Å². The summed E-state index contributed by atoms with van der Waals surface area (Å²) in [6, 6.07) is 7.70. The smallest absolute Gasteiger partial charge is 0.134 e. The van der Waals surface area contributed by atoms with Gasteiger partial charge in [0.1, 0.15) is 11.5 Å². The Labute approximate surface area is 84.9 Å². The van der Waals surface area contributed by atoms with Gasteiger partial charge in [0, 0.05) is 6.42 Å². The standard InChI is InChI=1S/C12H16O2/c1-3-8-14-12-6-4-11(5-7-12)9-10(2)13/h4-7H,3,8-9H2,1-2H3. The van der Waals surface area contributed by atoms with Crippen LogP contribution < -0.4 is 4.74 Å². The SMILES string of the molecule is CCCOc1ccc(CC(C)=O)cc1. The molecular weight excluding hydrogens is 176 g/mol. The number of rotatable bonds is 5. The first kappa shape index (κ1) is 10.8. The van der Waals surface area contributed by atoms with Gasteiger partial charge in [0.25, 0.3) is 0 Å². The lowest BCUT2D eigenvalue weighted by Crippen LogP contribution is -1.97. The Bertz CT molecular complexity index is 288. The molecule has 0 aliphatic rings. The van der Waals surface area contributed by atoms with E-state index in [-0.39, 0.29) is 5.78 Å². The van der Waals surface area contributed by atoms with Crippen molar-refractivity contribution in [2.75, 3.05) is 6.61 Å². The first-order valence-corrected chi connectivity index (χ1v) is 4.93. The van der Waals surface area contributed by atoms with Gasteiger partial charge in [-0.05, 0) is 31.0 Å². The van der Waals surface area contributed by atoms with E-state index in [9.17, 15) is 4.79 Å². The van der Waals surface area contributed by atoms with E-state index in [0.29, 0.717) is 6.42 Å². The Morgan fingerprint density at radius 3 is 2.43 bits per heavy atom. The van der Waals surface area contributed by atoms with Crippen LogP contribution in [0.1, 0.15) is 25.8 Å². The molecule has 0 saturated heterocycles. The summed E-state index contributed by atoms with van der Waals surface area (Å²) in [6.45, 7) is 4.41. The molecule has 1 rings (SSSR count). The van der Waals surface area contributed by atoms with Crippen molar-refractivity contribution in [1.29, 1.82) is 0 Å². The molecule has 0 unspecified atom stereocenters. The molecule has 0 N–H and O–H groups in total. The van der Waals surface area contributed by atoms with Gasteiger partial charge in [0.15, 0.2) is 0 Å². The molecule has 0 amide bonds. The minimum atomic E-state index is 0.187. The van der Waals surface area contributed by atoms with E-state index in [1.54, 1.807) is 6.92 Å². The molecule has 2 nitrogen and oxygen atoms in total. The first-order valence-electron chi connectivity index (χ1n) is 4.93. The van der Waals surface area contributed by atoms with Crippen molar-refractivity contribution in [3.05, 3.63) is 29.8 Å². The molecule has 0 aliphatic heterocycles. The molecule has 1 aromatic rings. The second kappa shape index (κ2) is 5.43. The fourth-order valence-corrected chi connectivity index (χ4v) is 1.21. The zero-order chi connectivity index (χ0) is 10.4. The molecule has 0 aliphatic carbocycles. The molecule has 76 valence electrons. The fraction of sp³-hybridized carbons (Fsp3) is 0.417. The lowest BCUT2D eigenvalue weighted by Gasteiger charge is -2.04. The van der Waals surface area contributed by atoms with E-state index in [0.717, 1.165) is 24.3 Å². The normalized spacial score (nSPS) is 9.86. The van der Waals surface area contributed by atoms with Gasteiger partial charge in [0.05, 0.1) is 6.61 Å². The third kappa shape index (κ3) is 3.60. The average molecular weight is 192 g/mol. The largest absolute Gasteiger partial charge is 0.494 e. The van der Waals surface area contributed by atoms with Crippen LogP contribution in [0.2, 0.25) is 0 Å². The van der Waals surface area contributed by atoms with Gasteiger partial charge in [-0.15, -0.1) is 0 Å². The van der Waals surface area contributed by atoms with Gasteiger partial charge in [0.2, 0.25) is 0 Å². The Kier molecular flexibility index (Phi) is 4.17. The fourth-order valence-electron chi connectivity index (χ4n) is 1.21. The lowest BCUT2D eigenvalue weighted by atomic mass is 10.1. The third-order valence-electron chi connectivity index (χ3n) is 1.85. The summed E-state index contributed by atoms with van der Waals surface area (Å²) in [5.74, 6) is 1.06. The van der Waals surface area contributed by atoms with E-state index < -0.39 is 0 Å². The summed E-state index contributed by atoms with van der Waals surface area (Å²) >= 11 is 0. The summed E-state index contributed by atoms with van der Waals surface area (Å²) in [7, 11) is 0. The number of Topliss-reactive ketones (excluding diaryl/α,β-unsaturated/α-hetero) is 1. The highest BCUT2D eigenvalue weighted by molar-refractivity contribution is 5.78. The van der Waals surface area contributed by atoms with Crippen molar-refractivity contribution >= 4 is 5.78 Å². The van der Waals surface area contributed by atoms with Crippen molar-refractivity contribution in [3.63, 3.8) is 0 Å². The molecule has 0 heterocycles. The molecule has 1 aromatic carbocycles. The van der Waals surface area contributed by atoms with Gasteiger partial charge >= 0.3 is 0 Å². The molecule has 0 fully saturated rings. The van der Waals surface area contributed by atoms with Gasteiger partial charge in [-0.1, -0.05) is 19.1 Å². The topological polar surface area (TPSA) is 26.3 Å². The molecule has 0 atom stereocenters. The molecule has 2 heteroatoms. The Morgan fingerprint density at radius 2 is 1.93 bits per heavy atom. The molecule has 0 radical (unpaired) electrons. The van der Waals surface area contributed by atoms with Gasteiger partial charge in [-0.2, -0.15) is 0 Å². The maximum Gasteiger partial charge on any atom is 0.134 e. The van der Waals surface area contributed by atoms with Crippen LogP contribution in [0.3, 0.4) is 0 Å². The van der Waals surface area contributed by atoms with Gasteiger partial charge < -0.3 is 4.74 Å². The summed E-state index contributed by atoms with van der Waals surface area (Å²) in [5, 5.41) is 0. The summed E-state index contributed by atoms with van der Waals surface area (Å²) in [5.41, 5.74) is 1.04. The van der Waals surface area contributed by atoms with Crippen LogP contribution in [0.5, 0.6) is 5.75 Å². The second-order valence-corrected chi connectivity index (χ2v) is 3.37. The summed E-state index contributed by atoms with van der Waals surface area (Å²) in [4.78, 5) is 10.8. The van der Waals surface area contributed by atoms with Crippen molar-refractivity contribution < 1.29 is 9.53 Å². The van der Waals surface area contributed by atoms with Crippen LogP contribution in [-0.4, -0.2) is 12.4 Å². The predicted molar refractivity (Wildman–Crippen MR) is 56.6 cm³/mol. The van der Waals surface area contributed by atoms with Crippen molar-refractivity contribution in [2.45, 2.75) is 26.7 Å². The number of ether oxygens (including phenoxy) is 1. The van der Waals surface area contributed by atoms with E-state index in [2.05, 4.69) is 6.92 Å². The highest BCUT2D eigenvalue weighted by Gasteiger charge is 1.97. The van der Waals surface area contributed by atoms with Crippen LogP contribution in [0.25, 0.3) is 0 Å². The van der Waals surface area contributed by atoms with Gasteiger partial charge in [-0.3, -0.25) is 4.79 Å². The van der Waals surface area contributed by atoms with Crippen molar-refractivity contribution in [2.24, 2.45) is 0 Å². The highest BCUT2D eigenvalue weighted by Crippen LogP contribution is 2.12. The van der Waals surface area contributed by atoms with E-state index >= 15 is 0 Å². The van der Waals surface area contributed by atoms with Crippen LogP contribution in [-0.2, 0) is 11.2 Å². The molecular formula is C12H16O2. The van der Waals surface area contributed by atoms with Crippen LogP contribution in [0, 0.1) is 0 Å². The summed E-state index contributed by atoms with van der Waals surface area (Å²) in [6.07, 6.45) is 1.52. The second-order valence-electron chi connectivity index (χ2n) is 3.37. The molecule has 0 spiro atoms. The number of hydrogen-bond acceptors (Lipinski definition) is 2. The zero-order valence-corrected chi connectivity index (χ0v) is 8.75. The van der Waals surface area contributed by atoms with Crippen molar-refractivity contribution in [3.8, 4) is 5.75 Å². The third-order valence-corrected chi connectivity index (χ3v) is 1.85. The quantitative estimate of drug-likeness (QED) is 0.716. The molecule has 0 bridgehead atoms. The number of carbonyl (C=O) groups is 1. The average Bonchev–Trinajstić information content (AvgIpc) is 2.16. The monoisotopic (exact) mass is 192 g/mol. The van der Waals surface area contributed by atoms with Crippen molar-refractivity contribution in [1.82, 2.24) is 0 Å². The highest BCUT2D eigenvalue weighted by atomic mass is 16.5. The minimum absolute atomic E-state index is 0.187. The van der Waals surface area contributed by atoms with Gasteiger partial charge in [-0.25, -0.2) is 0 Å². The van der Waals surface area contributed by atoms with Crippen LogP contribution in [0.4, 0.5) is 0 Å². The number of ketones is 1. The van der Waals surface area contributed by atoms with E-state index in [4.69, 9.17) is 4.74 Å². The Morgan fingerprint density at radius 1 is 1.29 bits per heavy atom. The summed E-state index contributed by atoms with van der Waals surface area (Å²) < 4.78 is 5.43. The number of hydrogen-bond donors (Lipinski definition) is 0. The Balaban J connectivity index is 2.54. The maximum absolute atomic E-state index is 10.8. The number of benzene rings is 1. The first-order chi connectivity index (χ1) is 6.72. The number of carbonyl (C=O) groups excluding carboxylic acids is 1. The van der Waals surface area contributed by atoms with Crippen LogP contribution in [0.15, 0.2) is 24.3 Å². The van der Waals surface area contributed by atoms with E-state index in [1.165, 1.54) is 0 Å². The minimum Gasteiger partial charge on any atom is -0.494 e. The lowest BCUT2D eigenvalue weighted by molar-refractivity contribution is -0.116. The predicted octanol–water partition coefficient (Wildman–Crippen LogP) is 2.61. The molecule has 0 saturated carbocycles. The molecule has 0 aromatic heterocycles. The zero-order valence-electron chi connectivity index (χ0n) is 8.75.